The molecule has 0 aliphatic carbocycles. The highest BCUT2D eigenvalue weighted by atomic mass is 32.2. The third-order valence-corrected chi connectivity index (χ3v) is 9.62. The minimum absolute atomic E-state index is 0.0661. The summed E-state index contributed by atoms with van der Waals surface area (Å²) in [5.74, 6) is -0.361. The number of nitrogens with zero attached hydrogens (tertiary/aromatic N) is 3. The first-order valence-electron chi connectivity index (χ1n) is 9.89. The van der Waals surface area contributed by atoms with Crippen molar-refractivity contribution in [2.75, 3.05) is 11.4 Å². The monoisotopic (exact) mass is 491 g/mol. The summed E-state index contributed by atoms with van der Waals surface area (Å²) >= 11 is 2.30. The Morgan fingerprint density at radius 1 is 1.25 bits per heavy atom. The molecular formula is C21H18FN3O4S3. The van der Waals surface area contributed by atoms with Gasteiger partial charge in [-0.2, -0.15) is 4.31 Å². The maximum atomic E-state index is 14.3. The van der Waals surface area contributed by atoms with Crippen LogP contribution in [-0.4, -0.2) is 36.2 Å². The lowest BCUT2D eigenvalue weighted by molar-refractivity contribution is -0.121. The normalized spacial score (nSPS) is 17.2. The summed E-state index contributed by atoms with van der Waals surface area (Å²) in [7, 11) is -3.79. The van der Waals surface area contributed by atoms with Crippen molar-refractivity contribution < 1.29 is 22.0 Å². The Balaban J connectivity index is 1.53. The number of aromatic nitrogens is 1. The predicted molar refractivity (Wildman–Crippen MR) is 121 cm³/mol. The number of amides is 1. The first-order valence-corrected chi connectivity index (χ1v) is 13.0. The number of fused-ring (bicyclic) bond motifs is 1. The number of rotatable bonds is 6. The van der Waals surface area contributed by atoms with E-state index in [9.17, 15) is 17.6 Å². The van der Waals surface area contributed by atoms with Crippen molar-refractivity contribution in [1.29, 1.82) is 0 Å². The Hall–Kier alpha value is -2.60. The second-order valence-electron chi connectivity index (χ2n) is 7.29. The molecular weight excluding hydrogens is 473 g/mol. The van der Waals surface area contributed by atoms with Crippen LogP contribution in [0.2, 0.25) is 0 Å². The lowest BCUT2D eigenvalue weighted by Crippen LogP contribution is -2.47. The molecule has 1 fully saturated rings. The van der Waals surface area contributed by atoms with Gasteiger partial charge >= 0.3 is 0 Å². The number of anilines is 1. The number of carbonyl (C=O) groups is 1. The van der Waals surface area contributed by atoms with E-state index in [1.54, 1.807) is 35.7 Å². The van der Waals surface area contributed by atoms with Crippen LogP contribution in [0.15, 0.2) is 62.7 Å². The molecule has 5 rings (SSSR count). The van der Waals surface area contributed by atoms with Gasteiger partial charge in [-0.3, -0.25) is 9.69 Å². The smallest absolute Gasteiger partial charge is 0.253 e. The molecule has 0 N–H and O–H groups in total. The second kappa shape index (κ2) is 8.39. The summed E-state index contributed by atoms with van der Waals surface area (Å²) in [6, 6.07) is 10.4. The number of hydrogen-bond acceptors (Lipinski definition) is 7. The largest absolute Gasteiger partial charge is 0.467 e. The molecule has 166 valence electrons. The Labute approximate surface area is 191 Å². The van der Waals surface area contributed by atoms with Gasteiger partial charge in [0.2, 0.25) is 5.91 Å². The molecule has 1 aliphatic heterocycles. The molecule has 4 heterocycles. The number of halogens is 1. The second-order valence-corrected chi connectivity index (χ2v) is 11.4. The fraction of sp³-hybridized carbons (Fsp3) is 0.238. The Morgan fingerprint density at radius 3 is 2.84 bits per heavy atom. The summed E-state index contributed by atoms with van der Waals surface area (Å²) < 4.78 is 48.1. The van der Waals surface area contributed by atoms with E-state index in [2.05, 4.69) is 4.98 Å². The van der Waals surface area contributed by atoms with Crippen LogP contribution in [0.25, 0.3) is 10.2 Å². The maximum Gasteiger partial charge on any atom is 0.253 e. The van der Waals surface area contributed by atoms with Crippen LogP contribution in [0, 0.1) is 5.82 Å². The number of benzene rings is 1. The number of hydrogen-bond donors (Lipinski definition) is 0. The van der Waals surface area contributed by atoms with E-state index in [0.717, 1.165) is 11.3 Å². The third kappa shape index (κ3) is 3.75. The molecule has 1 atom stereocenters. The molecule has 0 saturated carbocycles. The van der Waals surface area contributed by atoms with Crippen LogP contribution in [0.1, 0.15) is 18.6 Å². The van der Waals surface area contributed by atoms with Crippen LogP contribution in [0.3, 0.4) is 0 Å². The summed E-state index contributed by atoms with van der Waals surface area (Å²) in [6.45, 7) is 0.330. The summed E-state index contributed by atoms with van der Waals surface area (Å²) in [4.78, 5) is 19.5. The Kier molecular flexibility index (Phi) is 5.58. The van der Waals surface area contributed by atoms with E-state index in [0.29, 0.717) is 28.4 Å². The maximum absolute atomic E-state index is 14.3. The molecule has 0 bridgehead atoms. The van der Waals surface area contributed by atoms with Crippen LogP contribution in [0.4, 0.5) is 9.52 Å². The predicted octanol–water partition coefficient (Wildman–Crippen LogP) is 4.48. The average molecular weight is 492 g/mol. The van der Waals surface area contributed by atoms with Gasteiger partial charge in [0.1, 0.15) is 27.3 Å². The van der Waals surface area contributed by atoms with Gasteiger partial charge in [0.15, 0.2) is 5.13 Å². The van der Waals surface area contributed by atoms with Gasteiger partial charge in [0.25, 0.3) is 10.0 Å². The lowest BCUT2D eigenvalue weighted by Gasteiger charge is -2.27. The average Bonchev–Trinajstić information content (AvgIpc) is 3.57. The van der Waals surface area contributed by atoms with Crippen LogP contribution in [-0.2, 0) is 21.4 Å². The van der Waals surface area contributed by atoms with Gasteiger partial charge in [-0.05, 0) is 48.6 Å². The minimum Gasteiger partial charge on any atom is -0.467 e. The quantitative estimate of drug-likeness (QED) is 0.397. The molecule has 1 amide bonds. The lowest BCUT2D eigenvalue weighted by atomic mass is 10.2. The summed E-state index contributed by atoms with van der Waals surface area (Å²) in [6.07, 6.45) is 2.47. The highest BCUT2D eigenvalue weighted by Gasteiger charge is 2.42. The van der Waals surface area contributed by atoms with Crippen LogP contribution < -0.4 is 4.90 Å². The molecule has 1 unspecified atom stereocenters. The highest BCUT2D eigenvalue weighted by Crippen LogP contribution is 2.34. The third-order valence-electron chi connectivity index (χ3n) is 5.30. The topological polar surface area (TPSA) is 83.7 Å². The van der Waals surface area contributed by atoms with Crippen molar-refractivity contribution >= 4 is 54.0 Å². The number of thiazole rings is 1. The van der Waals surface area contributed by atoms with Crippen molar-refractivity contribution in [2.24, 2.45) is 0 Å². The van der Waals surface area contributed by atoms with Gasteiger partial charge in [0.05, 0.1) is 17.5 Å². The molecule has 0 spiro atoms. The first kappa shape index (κ1) is 21.3. The van der Waals surface area contributed by atoms with Crippen molar-refractivity contribution in [3.63, 3.8) is 0 Å². The zero-order valence-electron chi connectivity index (χ0n) is 16.7. The summed E-state index contributed by atoms with van der Waals surface area (Å²) in [5.41, 5.74) is 0.180. The van der Waals surface area contributed by atoms with E-state index < -0.39 is 27.8 Å². The van der Waals surface area contributed by atoms with Crippen LogP contribution >= 0.6 is 22.7 Å². The van der Waals surface area contributed by atoms with Gasteiger partial charge in [-0.25, -0.2) is 17.8 Å². The SMILES string of the molecule is O=C(C1CCCN1S(=O)(=O)c1cccs1)N(Cc1ccco1)c1nc2c(F)cccc2s1. The Morgan fingerprint density at radius 2 is 2.12 bits per heavy atom. The van der Waals surface area contributed by atoms with E-state index in [-0.39, 0.29) is 22.8 Å². The molecule has 0 radical (unpaired) electrons. The molecule has 1 saturated heterocycles. The van der Waals surface area contributed by atoms with Crippen LogP contribution in [0.5, 0.6) is 0 Å². The van der Waals surface area contributed by atoms with Gasteiger partial charge < -0.3 is 4.42 Å². The van der Waals surface area contributed by atoms with E-state index in [1.165, 1.54) is 38.9 Å². The number of furan rings is 1. The zero-order chi connectivity index (χ0) is 22.3. The van der Waals surface area contributed by atoms with Gasteiger partial charge in [0, 0.05) is 6.54 Å². The van der Waals surface area contributed by atoms with Gasteiger partial charge in [-0.15, -0.1) is 11.3 Å². The molecule has 1 aromatic carbocycles. The fourth-order valence-corrected chi connectivity index (χ4v) is 7.55. The molecule has 7 nitrogen and oxygen atoms in total. The minimum atomic E-state index is -3.79. The molecule has 1 aliphatic rings. The fourth-order valence-electron chi connectivity index (χ4n) is 3.80. The molecule has 4 aromatic rings. The molecule has 3 aromatic heterocycles. The highest BCUT2D eigenvalue weighted by molar-refractivity contribution is 7.91. The van der Waals surface area contributed by atoms with Crippen molar-refractivity contribution in [3.8, 4) is 0 Å². The van der Waals surface area contributed by atoms with Gasteiger partial charge in [-0.1, -0.05) is 23.5 Å². The molecule has 11 heteroatoms. The molecule has 32 heavy (non-hydrogen) atoms. The number of thiophene rings is 1. The Bertz CT molecular complexity index is 1350. The number of para-hydroxylation sites is 1. The first-order chi connectivity index (χ1) is 15.4. The van der Waals surface area contributed by atoms with E-state index in [1.807, 2.05) is 0 Å². The number of carbonyl (C=O) groups excluding carboxylic acids is 1. The standard InChI is InChI=1S/C21H18FN3O4S3/c22-15-6-1-8-17-19(15)23-21(31-17)24(13-14-5-3-11-29-14)20(26)16-7-2-10-25(16)32(27,28)18-9-4-12-30-18/h1,3-6,8-9,11-12,16H,2,7,10,13H2. The zero-order valence-corrected chi connectivity index (χ0v) is 19.1. The van der Waals surface area contributed by atoms with Crippen molar-refractivity contribution in [3.05, 3.63) is 65.7 Å². The van der Waals surface area contributed by atoms with Crippen molar-refractivity contribution in [2.45, 2.75) is 29.6 Å². The number of sulfonamides is 1. The summed E-state index contributed by atoms with van der Waals surface area (Å²) in [5, 5.41) is 1.99. The van der Waals surface area contributed by atoms with E-state index >= 15 is 0 Å². The van der Waals surface area contributed by atoms with E-state index in [4.69, 9.17) is 4.42 Å². The van der Waals surface area contributed by atoms with Crippen molar-refractivity contribution in [1.82, 2.24) is 9.29 Å².